The van der Waals surface area contributed by atoms with E-state index in [0.29, 0.717) is 6.04 Å². The van der Waals surface area contributed by atoms with Gasteiger partial charge in [0.25, 0.3) is 0 Å². The summed E-state index contributed by atoms with van der Waals surface area (Å²) < 4.78 is 1.22. The molecule has 4 aromatic rings. The molecule has 1 aliphatic heterocycles. The molecule has 166 valence electrons. The number of hydrogen-bond acceptors (Lipinski definition) is 4. The predicted octanol–water partition coefficient (Wildman–Crippen LogP) is 5.64. The molecule has 0 bridgehead atoms. The lowest BCUT2D eigenvalue weighted by Crippen LogP contribution is -2.48. The summed E-state index contributed by atoms with van der Waals surface area (Å²) in [6, 6.07) is 26.8. The quantitative estimate of drug-likeness (QED) is 0.329. The van der Waals surface area contributed by atoms with Crippen LogP contribution < -0.4 is 5.32 Å². The highest BCUT2D eigenvalue weighted by Crippen LogP contribution is 2.46. The van der Waals surface area contributed by atoms with Gasteiger partial charge >= 0.3 is 0 Å². The van der Waals surface area contributed by atoms with Gasteiger partial charge in [-0.05, 0) is 69.1 Å². The maximum atomic E-state index is 4.52. The van der Waals surface area contributed by atoms with E-state index in [0.717, 1.165) is 44.8 Å². The molecule has 0 saturated carbocycles. The van der Waals surface area contributed by atoms with Gasteiger partial charge in [-0.3, -0.25) is 14.8 Å². The summed E-state index contributed by atoms with van der Waals surface area (Å²) in [5.41, 5.74) is 7.97. The van der Waals surface area contributed by atoms with Crippen LogP contribution in [0.25, 0.3) is 22.0 Å². The zero-order valence-electron chi connectivity index (χ0n) is 18.5. The minimum Gasteiger partial charge on any atom is -0.383 e. The normalized spacial score (nSPS) is 16.6. The Morgan fingerprint density at radius 3 is 2.27 bits per heavy atom. The van der Waals surface area contributed by atoms with Crippen molar-refractivity contribution in [2.75, 3.05) is 44.6 Å². The van der Waals surface area contributed by atoms with Gasteiger partial charge in [0, 0.05) is 60.1 Å². The van der Waals surface area contributed by atoms with Crippen molar-refractivity contribution >= 4 is 39.2 Å². The topological polar surface area (TPSA) is 31.4 Å². The first kappa shape index (κ1) is 21.1. The molecule has 1 N–H and O–H groups in total. The second kappa shape index (κ2) is 9.05. The molecule has 0 atom stereocenters. The van der Waals surface area contributed by atoms with E-state index in [4.69, 9.17) is 0 Å². The first-order chi connectivity index (χ1) is 16.3. The molecule has 1 fully saturated rings. The van der Waals surface area contributed by atoms with Crippen LogP contribution in [0.3, 0.4) is 0 Å². The lowest BCUT2D eigenvalue weighted by atomic mass is 10.0. The highest BCUT2D eigenvalue weighted by Gasteiger charge is 2.33. The maximum Gasteiger partial charge on any atom is 0.0733 e. The number of benzene rings is 3. The van der Waals surface area contributed by atoms with Gasteiger partial charge in [0.05, 0.1) is 11.6 Å². The smallest absolute Gasteiger partial charge is 0.0733 e. The van der Waals surface area contributed by atoms with Crippen LogP contribution in [0.1, 0.15) is 17.2 Å². The summed E-state index contributed by atoms with van der Waals surface area (Å²) in [6.45, 7) is 6.42. The SMILES string of the molecule is Ic1ccc2c(NCCN3CCN(C4c5ccccc5-c5ccccc54)CC3)ccnc2c1. The van der Waals surface area contributed by atoms with E-state index in [-0.39, 0.29) is 0 Å². The molecule has 0 unspecified atom stereocenters. The van der Waals surface area contributed by atoms with Crippen LogP contribution in [0.4, 0.5) is 5.69 Å². The summed E-state index contributed by atoms with van der Waals surface area (Å²) in [4.78, 5) is 9.78. The Labute approximate surface area is 208 Å². The standard InChI is InChI=1S/C28H27IN4/c29-20-9-10-25-26(11-12-30-27(25)19-20)31-13-14-32-15-17-33(18-16-32)28-23-7-3-1-5-21(23)22-6-2-4-8-24(22)28/h1-12,19,28H,13-18H2,(H,30,31). The van der Waals surface area contributed by atoms with E-state index in [1.807, 2.05) is 6.20 Å². The number of rotatable bonds is 5. The van der Waals surface area contributed by atoms with Gasteiger partial charge in [0.1, 0.15) is 0 Å². The fourth-order valence-corrected chi connectivity index (χ4v) is 5.87. The molecule has 0 amide bonds. The molecule has 4 nitrogen and oxygen atoms in total. The lowest BCUT2D eigenvalue weighted by Gasteiger charge is -2.38. The number of fused-ring (bicyclic) bond motifs is 4. The summed E-state index contributed by atoms with van der Waals surface area (Å²) in [5, 5.41) is 4.84. The third-order valence-electron chi connectivity index (χ3n) is 7.02. The molecule has 5 heteroatoms. The first-order valence-electron chi connectivity index (χ1n) is 11.7. The number of anilines is 1. The fraction of sp³-hybridized carbons (Fsp3) is 0.250. The molecule has 1 saturated heterocycles. The van der Waals surface area contributed by atoms with Crippen LogP contribution in [-0.2, 0) is 0 Å². The molecular weight excluding hydrogens is 519 g/mol. The number of nitrogens with zero attached hydrogens (tertiary/aromatic N) is 3. The minimum absolute atomic E-state index is 0.392. The average molecular weight is 546 g/mol. The number of pyridine rings is 1. The van der Waals surface area contributed by atoms with Crippen molar-refractivity contribution in [2.45, 2.75) is 6.04 Å². The lowest BCUT2D eigenvalue weighted by molar-refractivity contribution is 0.114. The molecular formula is C28H27IN4. The van der Waals surface area contributed by atoms with Gasteiger partial charge in [-0.2, -0.15) is 0 Å². The third-order valence-corrected chi connectivity index (χ3v) is 7.69. The van der Waals surface area contributed by atoms with Gasteiger partial charge in [0.2, 0.25) is 0 Å². The second-order valence-electron chi connectivity index (χ2n) is 8.90. The molecule has 1 aliphatic carbocycles. The van der Waals surface area contributed by atoms with Gasteiger partial charge in [0.15, 0.2) is 0 Å². The molecule has 1 aromatic heterocycles. The Bertz CT molecular complexity index is 1250. The Morgan fingerprint density at radius 2 is 1.55 bits per heavy atom. The van der Waals surface area contributed by atoms with Gasteiger partial charge < -0.3 is 5.32 Å². The highest BCUT2D eigenvalue weighted by molar-refractivity contribution is 14.1. The number of aromatic nitrogens is 1. The van der Waals surface area contributed by atoms with Crippen molar-refractivity contribution in [3.63, 3.8) is 0 Å². The van der Waals surface area contributed by atoms with Crippen molar-refractivity contribution < 1.29 is 0 Å². The number of halogens is 1. The van der Waals surface area contributed by atoms with E-state index in [9.17, 15) is 0 Å². The van der Waals surface area contributed by atoms with E-state index >= 15 is 0 Å². The average Bonchev–Trinajstić information content (AvgIpc) is 3.19. The summed E-state index contributed by atoms with van der Waals surface area (Å²) in [7, 11) is 0. The Hall–Kier alpha value is -2.48. The van der Waals surface area contributed by atoms with E-state index in [1.54, 1.807) is 0 Å². The molecule has 6 rings (SSSR count). The Morgan fingerprint density at radius 1 is 0.848 bits per heavy atom. The van der Waals surface area contributed by atoms with Crippen molar-refractivity contribution in [1.29, 1.82) is 0 Å². The van der Waals surface area contributed by atoms with Crippen molar-refractivity contribution in [1.82, 2.24) is 14.8 Å². The van der Waals surface area contributed by atoms with Gasteiger partial charge in [-0.25, -0.2) is 0 Å². The monoisotopic (exact) mass is 546 g/mol. The Kier molecular flexibility index (Phi) is 5.78. The summed E-state index contributed by atoms with van der Waals surface area (Å²) in [5.74, 6) is 0. The molecule has 3 aromatic carbocycles. The summed E-state index contributed by atoms with van der Waals surface area (Å²) >= 11 is 2.34. The van der Waals surface area contributed by atoms with Gasteiger partial charge in [-0.1, -0.05) is 48.5 Å². The van der Waals surface area contributed by atoms with E-state index in [1.165, 1.54) is 36.9 Å². The molecule has 2 heterocycles. The molecule has 33 heavy (non-hydrogen) atoms. The molecule has 0 radical (unpaired) electrons. The van der Waals surface area contributed by atoms with Crippen LogP contribution in [0.2, 0.25) is 0 Å². The second-order valence-corrected chi connectivity index (χ2v) is 10.1. The van der Waals surface area contributed by atoms with Crippen LogP contribution in [0.5, 0.6) is 0 Å². The van der Waals surface area contributed by atoms with Crippen LogP contribution in [0.15, 0.2) is 79.0 Å². The van der Waals surface area contributed by atoms with Crippen LogP contribution in [0, 0.1) is 3.57 Å². The predicted molar refractivity (Wildman–Crippen MR) is 145 cm³/mol. The van der Waals surface area contributed by atoms with Crippen molar-refractivity contribution in [3.05, 3.63) is 93.7 Å². The molecule has 2 aliphatic rings. The number of piperazine rings is 1. The van der Waals surface area contributed by atoms with E-state index < -0.39 is 0 Å². The fourth-order valence-electron chi connectivity index (χ4n) is 5.39. The van der Waals surface area contributed by atoms with Gasteiger partial charge in [-0.15, -0.1) is 0 Å². The third kappa shape index (κ3) is 4.03. The summed E-state index contributed by atoms with van der Waals surface area (Å²) in [6.07, 6.45) is 1.90. The van der Waals surface area contributed by atoms with Crippen LogP contribution >= 0.6 is 22.6 Å². The zero-order valence-corrected chi connectivity index (χ0v) is 20.7. The van der Waals surface area contributed by atoms with Crippen molar-refractivity contribution in [3.8, 4) is 11.1 Å². The number of nitrogens with one attached hydrogen (secondary N) is 1. The zero-order chi connectivity index (χ0) is 22.2. The number of hydrogen-bond donors (Lipinski definition) is 1. The first-order valence-corrected chi connectivity index (χ1v) is 12.8. The highest BCUT2D eigenvalue weighted by atomic mass is 127. The maximum absolute atomic E-state index is 4.52. The van der Waals surface area contributed by atoms with E-state index in [2.05, 4.69) is 115 Å². The largest absolute Gasteiger partial charge is 0.383 e. The minimum atomic E-state index is 0.392. The Balaban J connectivity index is 1.09. The van der Waals surface area contributed by atoms with Crippen molar-refractivity contribution in [2.24, 2.45) is 0 Å². The molecule has 0 spiro atoms. The van der Waals surface area contributed by atoms with Crippen LogP contribution in [-0.4, -0.2) is 54.1 Å².